The molecule has 0 saturated heterocycles. The van der Waals surface area contributed by atoms with Crippen molar-refractivity contribution in [3.63, 3.8) is 0 Å². The van der Waals surface area contributed by atoms with Gasteiger partial charge in [0.15, 0.2) is 0 Å². The maximum Gasteiger partial charge on any atom is 0.266 e. The predicted octanol–water partition coefficient (Wildman–Crippen LogP) is 0.256. The molecule has 0 aliphatic rings. The van der Waals surface area contributed by atoms with Crippen molar-refractivity contribution in [2.45, 2.75) is 25.7 Å². The van der Waals surface area contributed by atoms with Crippen LogP contribution in [0.5, 0.6) is 0 Å². The topological polar surface area (TPSA) is 84.1 Å². The minimum atomic E-state index is -3.61. The first-order chi connectivity index (χ1) is 6.49. The van der Waals surface area contributed by atoms with Gasteiger partial charge in [-0.25, -0.2) is 8.42 Å². The molecule has 0 saturated carbocycles. The zero-order valence-corrected chi connectivity index (χ0v) is 9.10. The quantitative estimate of drug-likeness (QED) is 0.711. The zero-order chi connectivity index (χ0) is 10.8. The highest BCUT2D eigenvalue weighted by molar-refractivity contribution is 7.89. The van der Waals surface area contributed by atoms with Crippen LogP contribution in [-0.4, -0.2) is 25.2 Å². The Kier molecular flexibility index (Phi) is 3.25. The molecule has 0 spiro atoms. The summed E-state index contributed by atoms with van der Waals surface area (Å²) < 4.78 is 23.2. The normalized spacial score (nSPS) is 11.9. The summed E-state index contributed by atoms with van der Waals surface area (Å²) in [6.45, 7) is 5.22. The molecule has 1 rings (SSSR count). The molecule has 80 valence electrons. The van der Waals surface area contributed by atoms with E-state index in [4.69, 9.17) is 0 Å². The van der Waals surface area contributed by atoms with Gasteiger partial charge in [0.05, 0.1) is 18.0 Å². The Morgan fingerprint density at radius 2 is 2.14 bits per heavy atom. The number of H-pyrrole nitrogens is 1. The Morgan fingerprint density at radius 3 is 2.57 bits per heavy atom. The molecule has 0 aliphatic carbocycles. The van der Waals surface area contributed by atoms with Gasteiger partial charge in [0.1, 0.15) is 4.90 Å². The maximum atomic E-state index is 11.6. The second-order valence-electron chi connectivity index (χ2n) is 2.78. The van der Waals surface area contributed by atoms with Crippen LogP contribution in [0, 0.1) is 13.8 Å². The molecule has 2 N–H and O–H groups in total. The summed E-state index contributed by atoms with van der Waals surface area (Å²) in [7, 11) is -3.61. The SMILES string of the molecule is CCONS(=O)(=O)c1c(C)n[nH]c1C. The summed E-state index contributed by atoms with van der Waals surface area (Å²) in [5, 5.41) is 6.39. The molecule has 0 bridgehead atoms. The van der Waals surface area contributed by atoms with E-state index in [1.807, 2.05) is 4.89 Å². The first-order valence-electron chi connectivity index (χ1n) is 4.14. The molecular weight excluding hydrogens is 206 g/mol. The highest BCUT2D eigenvalue weighted by atomic mass is 32.2. The molecule has 0 aliphatic heterocycles. The molecule has 0 aromatic carbocycles. The van der Waals surface area contributed by atoms with Crippen LogP contribution in [0.2, 0.25) is 0 Å². The van der Waals surface area contributed by atoms with Gasteiger partial charge < -0.3 is 0 Å². The van der Waals surface area contributed by atoms with Gasteiger partial charge in [-0.3, -0.25) is 9.94 Å². The maximum absolute atomic E-state index is 11.6. The van der Waals surface area contributed by atoms with Gasteiger partial charge in [-0.15, -0.1) is 0 Å². The molecule has 7 heteroatoms. The lowest BCUT2D eigenvalue weighted by Gasteiger charge is -2.04. The van der Waals surface area contributed by atoms with Crippen molar-refractivity contribution in [2.24, 2.45) is 0 Å². The van der Waals surface area contributed by atoms with Crippen LogP contribution >= 0.6 is 0 Å². The fourth-order valence-electron chi connectivity index (χ4n) is 1.11. The lowest BCUT2D eigenvalue weighted by Crippen LogP contribution is -2.24. The number of aromatic amines is 1. The number of aryl methyl sites for hydroxylation is 2. The number of nitrogens with one attached hydrogen (secondary N) is 2. The number of hydrogen-bond acceptors (Lipinski definition) is 4. The van der Waals surface area contributed by atoms with Crippen molar-refractivity contribution in [1.29, 1.82) is 0 Å². The Balaban J connectivity index is 3.04. The van der Waals surface area contributed by atoms with Gasteiger partial charge in [-0.2, -0.15) is 5.10 Å². The molecule has 6 nitrogen and oxygen atoms in total. The van der Waals surface area contributed by atoms with Gasteiger partial charge in [-0.05, 0) is 20.8 Å². The largest absolute Gasteiger partial charge is 0.287 e. The standard InChI is InChI=1S/C7H13N3O3S/c1-4-13-10-14(11,12)7-5(2)8-9-6(7)3/h10H,4H2,1-3H3,(H,8,9). The number of aromatic nitrogens is 2. The van der Waals surface area contributed by atoms with Gasteiger partial charge in [-0.1, -0.05) is 4.89 Å². The first-order valence-corrected chi connectivity index (χ1v) is 5.62. The van der Waals surface area contributed by atoms with Crippen LogP contribution in [0.25, 0.3) is 0 Å². The number of sulfonamides is 1. The summed E-state index contributed by atoms with van der Waals surface area (Å²) >= 11 is 0. The van der Waals surface area contributed by atoms with E-state index < -0.39 is 10.0 Å². The monoisotopic (exact) mass is 219 g/mol. The van der Waals surface area contributed by atoms with Gasteiger partial charge in [0.2, 0.25) is 0 Å². The average molecular weight is 219 g/mol. The van der Waals surface area contributed by atoms with E-state index in [-0.39, 0.29) is 11.5 Å². The Bertz CT molecular complexity index is 390. The number of nitrogens with zero attached hydrogens (tertiary/aromatic N) is 1. The van der Waals surface area contributed by atoms with Crippen molar-refractivity contribution >= 4 is 10.0 Å². The molecule has 0 radical (unpaired) electrons. The smallest absolute Gasteiger partial charge is 0.266 e. The highest BCUT2D eigenvalue weighted by Crippen LogP contribution is 2.15. The molecule has 1 aromatic rings. The van der Waals surface area contributed by atoms with Crippen LogP contribution in [-0.2, 0) is 14.9 Å². The number of hydrogen-bond donors (Lipinski definition) is 2. The third-order valence-corrected chi connectivity index (χ3v) is 3.12. The fraction of sp³-hybridized carbons (Fsp3) is 0.571. The predicted molar refractivity (Wildman–Crippen MR) is 50.0 cm³/mol. The molecule has 1 heterocycles. The first kappa shape index (κ1) is 11.2. The summed E-state index contributed by atoms with van der Waals surface area (Å²) in [6, 6.07) is 0. The van der Waals surface area contributed by atoms with E-state index in [1.165, 1.54) is 0 Å². The lowest BCUT2D eigenvalue weighted by molar-refractivity contribution is 0.105. The minimum Gasteiger partial charge on any atom is -0.287 e. The van der Waals surface area contributed by atoms with Crippen molar-refractivity contribution in [3.8, 4) is 0 Å². The van der Waals surface area contributed by atoms with Gasteiger partial charge in [0.25, 0.3) is 10.0 Å². The van der Waals surface area contributed by atoms with E-state index in [0.717, 1.165) is 0 Å². The van der Waals surface area contributed by atoms with Crippen molar-refractivity contribution in [3.05, 3.63) is 11.4 Å². The van der Waals surface area contributed by atoms with E-state index in [1.54, 1.807) is 20.8 Å². The van der Waals surface area contributed by atoms with Crippen LogP contribution in [0.15, 0.2) is 4.90 Å². The Morgan fingerprint density at radius 1 is 1.50 bits per heavy atom. The Hall–Kier alpha value is -0.920. The minimum absolute atomic E-state index is 0.144. The molecule has 14 heavy (non-hydrogen) atoms. The average Bonchev–Trinajstić information content (AvgIpc) is 2.43. The van der Waals surface area contributed by atoms with Crippen LogP contribution in [0.1, 0.15) is 18.3 Å². The molecule has 1 aromatic heterocycles. The molecule has 0 fully saturated rings. The van der Waals surface area contributed by atoms with Crippen LogP contribution < -0.4 is 4.89 Å². The summed E-state index contributed by atoms with van der Waals surface area (Å²) in [5.74, 6) is 0. The van der Waals surface area contributed by atoms with E-state index in [2.05, 4.69) is 15.0 Å². The van der Waals surface area contributed by atoms with Crippen molar-refractivity contribution in [2.75, 3.05) is 6.61 Å². The zero-order valence-electron chi connectivity index (χ0n) is 8.29. The Labute approximate surface area is 82.7 Å². The second-order valence-corrected chi connectivity index (χ2v) is 4.36. The highest BCUT2D eigenvalue weighted by Gasteiger charge is 2.21. The third-order valence-electron chi connectivity index (χ3n) is 1.64. The molecule has 0 unspecified atom stereocenters. The summed E-state index contributed by atoms with van der Waals surface area (Å²) in [6.07, 6.45) is 0. The third kappa shape index (κ3) is 2.11. The van der Waals surface area contributed by atoms with Crippen LogP contribution in [0.4, 0.5) is 0 Å². The van der Waals surface area contributed by atoms with E-state index in [9.17, 15) is 8.42 Å². The molecule has 0 amide bonds. The van der Waals surface area contributed by atoms with Crippen LogP contribution in [0.3, 0.4) is 0 Å². The van der Waals surface area contributed by atoms with Crippen molar-refractivity contribution in [1.82, 2.24) is 15.1 Å². The molecular formula is C7H13N3O3S. The van der Waals surface area contributed by atoms with Crippen molar-refractivity contribution < 1.29 is 13.3 Å². The second kappa shape index (κ2) is 4.07. The fourth-order valence-corrected chi connectivity index (χ4v) is 2.35. The lowest BCUT2D eigenvalue weighted by atomic mass is 10.4. The summed E-state index contributed by atoms with van der Waals surface area (Å²) in [4.78, 5) is 6.80. The number of rotatable bonds is 4. The van der Waals surface area contributed by atoms with E-state index in [0.29, 0.717) is 11.4 Å². The van der Waals surface area contributed by atoms with Gasteiger partial charge >= 0.3 is 0 Å². The molecule has 0 atom stereocenters. The van der Waals surface area contributed by atoms with Gasteiger partial charge in [0, 0.05) is 0 Å². The summed E-state index contributed by atoms with van der Waals surface area (Å²) in [5.41, 5.74) is 0.921. The van der Waals surface area contributed by atoms with E-state index >= 15 is 0 Å².